The van der Waals surface area contributed by atoms with E-state index in [2.05, 4.69) is 5.32 Å². The summed E-state index contributed by atoms with van der Waals surface area (Å²) < 4.78 is 0. The maximum Gasteiger partial charge on any atom is 0.000418 e. The molecule has 0 aromatic rings. The lowest BCUT2D eigenvalue weighted by Gasteiger charge is -1.83. The first kappa shape index (κ1) is 8.02. The Balaban J connectivity index is 3.25. The minimum absolute atomic E-state index is 1.88. The van der Waals surface area contributed by atoms with Crippen LogP contribution in [0.3, 0.4) is 0 Å². The predicted octanol–water partition coefficient (Wildman–Crippen LogP) is 2.20. The third-order valence-electron chi connectivity index (χ3n) is 0.759. The molecule has 0 radical (unpaired) electrons. The zero-order chi connectivity index (χ0) is 6.95. The summed E-state index contributed by atoms with van der Waals surface area (Å²) in [4.78, 5) is 0. The van der Waals surface area contributed by atoms with Gasteiger partial charge in [-0.2, -0.15) is 0 Å². The molecule has 0 aliphatic rings. The van der Waals surface area contributed by atoms with Crippen LogP contribution in [-0.2, 0) is 0 Å². The van der Waals surface area contributed by atoms with E-state index in [1.807, 2.05) is 50.6 Å². The Bertz CT molecular complexity index is 121. The lowest BCUT2D eigenvalue weighted by atomic mass is 10.5. The van der Waals surface area contributed by atoms with E-state index in [1.54, 1.807) is 0 Å². The van der Waals surface area contributed by atoms with E-state index >= 15 is 0 Å². The van der Waals surface area contributed by atoms with Crippen molar-refractivity contribution in [3.05, 3.63) is 36.7 Å². The molecule has 0 saturated heterocycles. The summed E-state index contributed by atoms with van der Waals surface area (Å²) in [6.07, 6.45) is 11.6. The lowest BCUT2D eigenvalue weighted by Crippen LogP contribution is -1.88. The van der Waals surface area contributed by atoms with Crippen LogP contribution in [0.25, 0.3) is 0 Å². The van der Waals surface area contributed by atoms with E-state index in [9.17, 15) is 0 Å². The van der Waals surface area contributed by atoms with Gasteiger partial charge in [0.1, 0.15) is 0 Å². The first-order valence-corrected chi connectivity index (χ1v) is 3.07. The van der Waals surface area contributed by atoms with E-state index in [1.165, 1.54) is 0 Å². The van der Waals surface area contributed by atoms with Crippen molar-refractivity contribution >= 4 is 0 Å². The van der Waals surface area contributed by atoms with Crippen LogP contribution in [0.4, 0.5) is 0 Å². The molecule has 0 rings (SSSR count). The van der Waals surface area contributed by atoms with Crippen LogP contribution < -0.4 is 5.32 Å². The van der Waals surface area contributed by atoms with Crippen LogP contribution in [0, 0.1) is 0 Å². The number of hydrogen-bond acceptors (Lipinski definition) is 1. The van der Waals surface area contributed by atoms with Crippen molar-refractivity contribution in [3.8, 4) is 0 Å². The van der Waals surface area contributed by atoms with E-state index in [4.69, 9.17) is 0 Å². The number of hydrogen-bond donors (Lipinski definition) is 1. The average molecular weight is 123 g/mol. The smallest absolute Gasteiger partial charge is 0.000418 e. The maximum absolute atomic E-state index is 2.96. The molecule has 0 aliphatic carbocycles. The summed E-state index contributed by atoms with van der Waals surface area (Å²) in [5, 5.41) is 2.96. The Morgan fingerprint density at radius 2 is 1.67 bits per heavy atom. The molecule has 0 heterocycles. The van der Waals surface area contributed by atoms with Crippen LogP contribution in [0.1, 0.15) is 13.8 Å². The molecule has 1 heteroatoms. The first-order chi connectivity index (χ1) is 4.41. The van der Waals surface area contributed by atoms with Gasteiger partial charge in [-0.15, -0.1) is 0 Å². The van der Waals surface area contributed by atoms with Gasteiger partial charge in [-0.05, 0) is 26.1 Å². The van der Waals surface area contributed by atoms with Gasteiger partial charge < -0.3 is 5.32 Å². The van der Waals surface area contributed by atoms with Crippen molar-refractivity contribution in [2.45, 2.75) is 13.8 Å². The average Bonchev–Trinajstić information content (AvgIpc) is 1.89. The minimum atomic E-state index is 1.88. The van der Waals surface area contributed by atoms with Gasteiger partial charge >= 0.3 is 0 Å². The number of allylic oxidation sites excluding steroid dienone is 4. The highest BCUT2D eigenvalue weighted by atomic mass is 14.8. The maximum atomic E-state index is 2.96. The topological polar surface area (TPSA) is 12.0 Å². The van der Waals surface area contributed by atoms with Crippen LogP contribution in [0.5, 0.6) is 0 Å². The SMILES string of the molecule is C/C=C/C=C/N/C=C/C. The Labute approximate surface area is 56.8 Å². The van der Waals surface area contributed by atoms with E-state index in [0.717, 1.165) is 0 Å². The molecule has 0 atom stereocenters. The van der Waals surface area contributed by atoms with Crippen LogP contribution in [0.2, 0.25) is 0 Å². The summed E-state index contributed by atoms with van der Waals surface area (Å²) in [7, 11) is 0. The molecule has 0 fully saturated rings. The quantitative estimate of drug-likeness (QED) is 0.567. The summed E-state index contributed by atoms with van der Waals surface area (Å²) >= 11 is 0. The largest absolute Gasteiger partial charge is 0.368 e. The lowest BCUT2D eigenvalue weighted by molar-refractivity contribution is 1.19. The molecule has 1 nitrogen and oxygen atoms in total. The molecule has 0 saturated carbocycles. The van der Waals surface area contributed by atoms with Crippen molar-refractivity contribution in [1.29, 1.82) is 0 Å². The summed E-state index contributed by atoms with van der Waals surface area (Å²) in [6, 6.07) is 0. The highest BCUT2D eigenvalue weighted by Gasteiger charge is 1.59. The fraction of sp³-hybridized carbons (Fsp3) is 0.250. The van der Waals surface area contributed by atoms with Crippen molar-refractivity contribution in [2.24, 2.45) is 0 Å². The molecule has 0 spiro atoms. The fourth-order valence-corrected chi connectivity index (χ4v) is 0.374. The summed E-state index contributed by atoms with van der Waals surface area (Å²) in [5.74, 6) is 0. The molecule has 0 bridgehead atoms. The van der Waals surface area contributed by atoms with Crippen LogP contribution in [-0.4, -0.2) is 0 Å². The molecule has 0 unspecified atom stereocenters. The standard InChI is InChI=1S/C8H13N/c1-3-5-6-8-9-7-4-2/h3-9H,1-2H3/b5-3+,7-4+,8-6+. The van der Waals surface area contributed by atoms with Crippen molar-refractivity contribution in [2.75, 3.05) is 0 Å². The molecular formula is C8H13N. The second-order valence-electron chi connectivity index (χ2n) is 1.55. The van der Waals surface area contributed by atoms with Gasteiger partial charge in [-0.3, -0.25) is 0 Å². The predicted molar refractivity (Wildman–Crippen MR) is 41.9 cm³/mol. The molecule has 0 amide bonds. The second kappa shape index (κ2) is 7.02. The molecule has 9 heavy (non-hydrogen) atoms. The molecule has 0 aromatic heterocycles. The van der Waals surface area contributed by atoms with Gasteiger partial charge in [0.05, 0.1) is 0 Å². The Morgan fingerprint density at radius 3 is 2.22 bits per heavy atom. The zero-order valence-electron chi connectivity index (χ0n) is 5.96. The Kier molecular flexibility index (Phi) is 6.26. The van der Waals surface area contributed by atoms with Crippen LogP contribution >= 0.6 is 0 Å². The molecule has 0 aliphatic heterocycles. The molecule has 50 valence electrons. The van der Waals surface area contributed by atoms with E-state index in [-0.39, 0.29) is 0 Å². The van der Waals surface area contributed by atoms with Gasteiger partial charge in [0, 0.05) is 6.20 Å². The Hall–Kier alpha value is -0.980. The third kappa shape index (κ3) is 7.02. The van der Waals surface area contributed by atoms with Crippen molar-refractivity contribution < 1.29 is 0 Å². The monoisotopic (exact) mass is 123 g/mol. The molecule has 0 aromatic carbocycles. The van der Waals surface area contributed by atoms with E-state index < -0.39 is 0 Å². The highest BCUT2D eigenvalue weighted by Crippen LogP contribution is 1.72. The van der Waals surface area contributed by atoms with Crippen LogP contribution in [0.15, 0.2) is 36.7 Å². The Morgan fingerprint density at radius 1 is 0.889 bits per heavy atom. The second-order valence-corrected chi connectivity index (χ2v) is 1.55. The van der Waals surface area contributed by atoms with Crippen molar-refractivity contribution in [3.63, 3.8) is 0 Å². The number of nitrogens with one attached hydrogen (secondary N) is 1. The minimum Gasteiger partial charge on any atom is -0.368 e. The summed E-state index contributed by atoms with van der Waals surface area (Å²) in [5.41, 5.74) is 0. The highest BCUT2D eigenvalue weighted by molar-refractivity contribution is 5.01. The summed E-state index contributed by atoms with van der Waals surface area (Å²) in [6.45, 7) is 3.95. The molecular weight excluding hydrogens is 110 g/mol. The molecule has 1 N–H and O–H groups in total. The first-order valence-electron chi connectivity index (χ1n) is 3.07. The van der Waals surface area contributed by atoms with Gasteiger partial charge in [0.15, 0.2) is 0 Å². The van der Waals surface area contributed by atoms with Gasteiger partial charge in [-0.1, -0.05) is 18.2 Å². The van der Waals surface area contributed by atoms with E-state index in [0.29, 0.717) is 0 Å². The normalized spacial score (nSPS) is 12.2. The third-order valence-corrected chi connectivity index (χ3v) is 0.759. The van der Waals surface area contributed by atoms with Gasteiger partial charge in [0.2, 0.25) is 0 Å². The fourth-order valence-electron chi connectivity index (χ4n) is 0.374. The van der Waals surface area contributed by atoms with Gasteiger partial charge in [-0.25, -0.2) is 0 Å². The zero-order valence-corrected chi connectivity index (χ0v) is 5.96. The number of rotatable bonds is 3. The van der Waals surface area contributed by atoms with Crippen molar-refractivity contribution in [1.82, 2.24) is 5.32 Å². The van der Waals surface area contributed by atoms with Gasteiger partial charge in [0.25, 0.3) is 0 Å².